The third-order valence-corrected chi connectivity index (χ3v) is 4.43. The van der Waals surface area contributed by atoms with Gasteiger partial charge in [0.1, 0.15) is 5.75 Å². The molecule has 0 radical (unpaired) electrons. The minimum atomic E-state index is 0.0124. The number of hydrogen-bond donors (Lipinski definition) is 2. The van der Waals surface area contributed by atoms with Gasteiger partial charge in [0, 0.05) is 37.3 Å². The van der Waals surface area contributed by atoms with Gasteiger partial charge >= 0.3 is 0 Å². The van der Waals surface area contributed by atoms with E-state index in [4.69, 9.17) is 4.74 Å². The van der Waals surface area contributed by atoms with E-state index in [9.17, 15) is 9.90 Å². The number of ether oxygens (including phenoxy) is 1. The number of nitrogens with one attached hydrogen (secondary N) is 1. The molecule has 1 amide bonds. The molecular formula is C21H24N2O3. The first-order valence-corrected chi connectivity index (χ1v) is 8.77. The Bertz CT molecular complexity index is 869. The molecule has 0 saturated carbocycles. The zero-order chi connectivity index (χ0) is 18.4. The summed E-state index contributed by atoms with van der Waals surface area (Å²) in [6.07, 6.45) is 3.14. The van der Waals surface area contributed by atoms with Gasteiger partial charge in [0.2, 0.25) is 5.91 Å². The SMILES string of the molecule is COCCn1cc(CC(=O)NCCc2ccc(O)cc2)c2ccccc21. The normalized spacial score (nSPS) is 11.0. The number of rotatable bonds is 8. The van der Waals surface area contributed by atoms with Crippen LogP contribution in [0.15, 0.2) is 54.7 Å². The summed E-state index contributed by atoms with van der Waals surface area (Å²) in [5.74, 6) is 0.265. The fourth-order valence-electron chi connectivity index (χ4n) is 3.08. The Hall–Kier alpha value is -2.79. The molecule has 0 spiro atoms. The van der Waals surface area contributed by atoms with Crippen LogP contribution in [0.5, 0.6) is 5.75 Å². The molecule has 5 nitrogen and oxygen atoms in total. The van der Waals surface area contributed by atoms with Crippen molar-refractivity contribution in [3.8, 4) is 5.75 Å². The molecule has 0 saturated heterocycles. The quantitative estimate of drug-likeness (QED) is 0.655. The van der Waals surface area contributed by atoms with Gasteiger partial charge in [-0.3, -0.25) is 4.79 Å². The van der Waals surface area contributed by atoms with Crippen molar-refractivity contribution in [2.24, 2.45) is 0 Å². The van der Waals surface area contributed by atoms with Gasteiger partial charge in [-0.15, -0.1) is 0 Å². The zero-order valence-corrected chi connectivity index (χ0v) is 14.9. The fourth-order valence-corrected chi connectivity index (χ4v) is 3.08. The Labute approximate surface area is 153 Å². The maximum Gasteiger partial charge on any atom is 0.224 e. The molecule has 0 fully saturated rings. The van der Waals surface area contributed by atoms with Crippen molar-refractivity contribution in [2.45, 2.75) is 19.4 Å². The van der Waals surface area contributed by atoms with Crippen LogP contribution in [-0.2, 0) is 28.9 Å². The molecule has 0 aliphatic heterocycles. The highest BCUT2D eigenvalue weighted by Gasteiger charge is 2.11. The molecule has 1 aromatic heterocycles. The standard InChI is InChI=1S/C21H24N2O3/c1-26-13-12-23-15-17(19-4-2-3-5-20(19)23)14-21(25)22-11-10-16-6-8-18(24)9-7-16/h2-9,15,24H,10-14H2,1H3,(H,22,25). The van der Waals surface area contributed by atoms with Crippen molar-refractivity contribution in [3.63, 3.8) is 0 Å². The first-order chi connectivity index (χ1) is 12.7. The van der Waals surface area contributed by atoms with E-state index < -0.39 is 0 Å². The lowest BCUT2D eigenvalue weighted by molar-refractivity contribution is -0.120. The van der Waals surface area contributed by atoms with Crippen molar-refractivity contribution >= 4 is 16.8 Å². The number of aromatic nitrogens is 1. The second-order valence-electron chi connectivity index (χ2n) is 6.30. The monoisotopic (exact) mass is 352 g/mol. The van der Waals surface area contributed by atoms with Crippen LogP contribution >= 0.6 is 0 Å². The number of hydrogen-bond acceptors (Lipinski definition) is 3. The van der Waals surface area contributed by atoms with Crippen molar-refractivity contribution in [1.29, 1.82) is 0 Å². The van der Waals surface area contributed by atoms with Gasteiger partial charge in [-0.1, -0.05) is 30.3 Å². The summed E-state index contributed by atoms with van der Waals surface area (Å²) in [5.41, 5.74) is 3.23. The van der Waals surface area contributed by atoms with Gasteiger partial charge in [0.15, 0.2) is 0 Å². The maximum atomic E-state index is 12.3. The Morgan fingerprint density at radius 3 is 2.69 bits per heavy atom. The Balaban J connectivity index is 1.61. The van der Waals surface area contributed by atoms with Gasteiger partial charge in [-0.25, -0.2) is 0 Å². The van der Waals surface area contributed by atoms with E-state index in [1.807, 2.05) is 30.5 Å². The number of amides is 1. The van der Waals surface area contributed by atoms with Crippen LogP contribution < -0.4 is 5.32 Å². The summed E-state index contributed by atoms with van der Waals surface area (Å²) in [6.45, 7) is 1.97. The minimum Gasteiger partial charge on any atom is -0.508 e. The van der Waals surface area contributed by atoms with Gasteiger partial charge in [-0.05, 0) is 35.7 Å². The Morgan fingerprint density at radius 1 is 1.15 bits per heavy atom. The molecular weight excluding hydrogens is 328 g/mol. The predicted octanol–water partition coefficient (Wildman–Crippen LogP) is 2.89. The van der Waals surface area contributed by atoms with E-state index in [2.05, 4.69) is 22.0 Å². The van der Waals surface area contributed by atoms with E-state index in [-0.39, 0.29) is 11.7 Å². The Kier molecular flexibility index (Phi) is 5.92. The number of carbonyl (C=O) groups excluding carboxylic acids is 1. The highest BCUT2D eigenvalue weighted by Crippen LogP contribution is 2.21. The Morgan fingerprint density at radius 2 is 1.92 bits per heavy atom. The molecule has 0 unspecified atom stereocenters. The number of fused-ring (bicyclic) bond motifs is 1. The van der Waals surface area contributed by atoms with Crippen LogP contribution in [0.3, 0.4) is 0 Å². The zero-order valence-electron chi connectivity index (χ0n) is 14.9. The fraction of sp³-hybridized carbons (Fsp3) is 0.286. The average molecular weight is 352 g/mol. The van der Waals surface area contributed by atoms with Crippen molar-refractivity contribution in [2.75, 3.05) is 20.3 Å². The highest BCUT2D eigenvalue weighted by molar-refractivity contribution is 5.89. The second kappa shape index (κ2) is 8.54. The van der Waals surface area contributed by atoms with Crippen molar-refractivity contribution in [1.82, 2.24) is 9.88 Å². The molecule has 0 bridgehead atoms. The summed E-state index contributed by atoms with van der Waals surface area (Å²) in [5, 5.41) is 13.4. The molecule has 3 aromatic rings. The van der Waals surface area contributed by atoms with Gasteiger partial charge < -0.3 is 19.7 Å². The lowest BCUT2D eigenvalue weighted by Crippen LogP contribution is -2.27. The van der Waals surface area contributed by atoms with Gasteiger partial charge in [-0.2, -0.15) is 0 Å². The highest BCUT2D eigenvalue weighted by atomic mass is 16.5. The van der Waals surface area contributed by atoms with Crippen LogP contribution in [0.2, 0.25) is 0 Å². The molecule has 3 rings (SSSR count). The number of benzene rings is 2. The van der Waals surface area contributed by atoms with E-state index in [1.165, 1.54) is 0 Å². The summed E-state index contributed by atoms with van der Waals surface area (Å²) >= 11 is 0. The summed E-state index contributed by atoms with van der Waals surface area (Å²) in [7, 11) is 1.69. The van der Waals surface area contributed by atoms with Crippen LogP contribution in [0.4, 0.5) is 0 Å². The van der Waals surface area contributed by atoms with Crippen LogP contribution in [-0.4, -0.2) is 35.8 Å². The van der Waals surface area contributed by atoms with E-state index in [0.717, 1.165) is 35.0 Å². The molecule has 2 aromatic carbocycles. The first-order valence-electron chi connectivity index (χ1n) is 8.77. The number of phenols is 1. The molecule has 0 aliphatic rings. The smallest absolute Gasteiger partial charge is 0.224 e. The predicted molar refractivity (Wildman–Crippen MR) is 102 cm³/mol. The van der Waals surface area contributed by atoms with E-state index in [1.54, 1.807) is 19.2 Å². The van der Waals surface area contributed by atoms with E-state index in [0.29, 0.717) is 19.6 Å². The van der Waals surface area contributed by atoms with E-state index >= 15 is 0 Å². The molecule has 1 heterocycles. The molecule has 26 heavy (non-hydrogen) atoms. The van der Waals surface area contributed by atoms with Crippen molar-refractivity contribution in [3.05, 3.63) is 65.9 Å². The topological polar surface area (TPSA) is 63.5 Å². The number of aromatic hydroxyl groups is 1. The molecule has 0 aliphatic carbocycles. The number of nitrogens with zero attached hydrogens (tertiary/aromatic N) is 1. The molecule has 0 atom stereocenters. The van der Waals surface area contributed by atoms with Crippen LogP contribution in [0.25, 0.3) is 10.9 Å². The largest absolute Gasteiger partial charge is 0.508 e. The van der Waals surface area contributed by atoms with Crippen LogP contribution in [0.1, 0.15) is 11.1 Å². The van der Waals surface area contributed by atoms with Gasteiger partial charge in [0.25, 0.3) is 0 Å². The second-order valence-corrected chi connectivity index (χ2v) is 6.30. The third kappa shape index (κ3) is 4.43. The average Bonchev–Trinajstić information content (AvgIpc) is 2.99. The number of methoxy groups -OCH3 is 1. The lowest BCUT2D eigenvalue weighted by atomic mass is 10.1. The summed E-state index contributed by atoms with van der Waals surface area (Å²) in [4.78, 5) is 12.3. The summed E-state index contributed by atoms with van der Waals surface area (Å²) in [6, 6.07) is 15.2. The number of carbonyl (C=O) groups is 1. The molecule has 136 valence electrons. The number of para-hydroxylation sites is 1. The molecule has 2 N–H and O–H groups in total. The third-order valence-electron chi connectivity index (χ3n) is 4.43. The number of phenolic OH excluding ortho intramolecular Hbond substituents is 1. The van der Waals surface area contributed by atoms with Crippen LogP contribution in [0, 0.1) is 0 Å². The summed E-state index contributed by atoms with van der Waals surface area (Å²) < 4.78 is 7.31. The molecule has 5 heteroatoms. The first kappa shape index (κ1) is 18.0. The van der Waals surface area contributed by atoms with Gasteiger partial charge in [0.05, 0.1) is 13.0 Å². The minimum absolute atomic E-state index is 0.0124. The van der Waals surface area contributed by atoms with Crippen molar-refractivity contribution < 1.29 is 14.6 Å². The lowest BCUT2D eigenvalue weighted by Gasteiger charge is -2.05. The maximum absolute atomic E-state index is 12.3.